The number of hydrogen-bond acceptors (Lipinski definition) is 4. The predicted molar refractivity (Wildman–Crippen MR) is 101 cm³/mol. The summed E-state index contributed by atoms with van der Waals surface area (Å²) in [5.74, 6) is -0.337. The van der Waals surface area contributed by atoms with Gasteiger partial charge >= 0.3 is 0 Å². The highest BCUT2D eigenvalue weighted by Gasteiger charge is 2.42. The Morgan fingerprint density at radius 2 is 2.04 bits per heavy atom. The van der Waals surface area contributed by atoms with Gasteiger partial charge in [-0.05, 0) is 26.3 Å². The third-order valence-electron chi connectivity index (χ3n) is 5.01. The zero-order valence-electron chi connectivity index (χ0n) is 16.2. The Hall–Kier alpha value is -2.67. The zero-order chi connectivity index (χ0) is 19.6. The molecule has 1 fully saturated rings. The second kappa shape index (κ2) is 7.92. The summed E-state index contributed by atoms with van der Waals surface area (Å²) >= 11 is 0. The normalized spacial score (nSPS) is 20.2. The van der Waals surface area contributed by atoms with Gasteiger partial charge in [0.05, 0.1) is 12.2 Å². The minimum Gasteiger partial charge on any atom is -0.356 e. The van der Waals surface area contributed by atoms with Crippen molar-refractivity contribution in [3.63, 3.8) is 0 Å². The Labute approximate surface area is 159 Å². The highest BCUT2D eigenvalue weighted by Crippen LogP contribution is 2.32. The van der Waals surface area contributed by atoms with E-state index in [1.54, 1.807) is 15.8 Å². The van der Waals surface area contributed by atoms with Gasteiger partial charge in [0, 0.05) is 30.9 Å². The van der Waals surface area contributed by atoms with E-state index in [9.17, 15) is 9.59 Å². The van der Waals surface area contributed by atoms with Gasteiger partial charge in [0.15, 0.2) is 6.10 Å². The summed E-state index contributed by atoms with van der Waals surface area (Å²) in [5, 5.41) is 7.14. The molecule has 0 spiro atoms. The number of ether oxygens (including phenoxy) is 1. The third-order valence-corrected chi connectivity index (χ3v) is 5.01. The minimum atomic E-state index is -0.760. The molecule has 144 valence electrons. The van der Waals surface area contributed by atoms with E-state index in [2.05, 4.69) is 10.4 Å². The van der Waals surface area contributed by atoms with Crippen molar-refractivity contribution in [3.8, 4) is 0 Å². The van der Waals surface area contributed by atoms with Crippen molar-refractivity contribution < 1.29 is 14.3 Å². The molecule has 1 saturated heterocycles. The van der Waals surface area contributed by atoms with E-state index in [0.29, 0.717) is 6.54 Å². The first-order valence-electron chi connectivity index (χ1n) is 9.13. The molecule has 0 radical (unpaired) electrons. The van der Waals surface area contributed by atoms with Crippen molar-refractivity contribution in [1.29, 1.82) is 0 Å². The summed E-state index contributed by atoms with van der Waals surface area (Å²) in [6.07, 6.45) is 0.986. The van der Waals surface area contributed by atoms with Crippen LogP contribution in [0.15, 0.2) is 36.5 Å². The number of aryl methyl sites for hydroxylation is 1. The lowest BCUT2D eigenvalue weighted by atomic mass is 9.95. The van der Waals surface area contributed by atoms with Crippen LogP contribution in [0.5, 0.6) is 0 Å². The standard InChI is InChI=1S/C20H26N4O3/c1-13(2)24-17(25)12-27-19(18(24)15-8-6-5-7-9-15)20(26)21-10-16-11-22-23(4)14(16)3/h5-9,11,13,18-19H,10,12H2,1-4H3,(H,21,26)/t18-,19+/m1/s1. The Kier molecular flexibility index (Phi) is 5.60. The Morgan fingerprint density at radius 1 is 1.33 bits per heavy atom. The van der Waals surface area contributed by atoms with Gasteiger partial charge in [-0.15, -0.1) is 0 Å². The van der Waals surface area contributed by atoms with Gasteiger partial charge in [0.25, 0.3) is 5.91 Å². The lowest BCUT2D eigenvalue weighted by Crippen LogP contribution is -2.56. The number of aromatic nitrogens is 2. The van der Waals surface area contributed by atoms with Gasteiger partial charge in [-0.2, -0.15) is 5.10 Å². The molecule has 1 aromatic carbocycles. The largest absolute Gasteiger partial charge is 0.356 e. The second-order valence-electron chi connectivity index (χ2n) is 7.08. The summed E-state index contributed by atoms with van der Waals surface area (Å²) in [6, 6.07) is 9.07. The van der Waals surface area contributed by atoms with E-state index in [0.717, 1.165) is 16.8 Å². The summed E-state index contributed by atoms with van der Waals surface area (Å²) < 4.78 is 7.47. The highest BCUT2D eigenvalue weighted by atomic mass is 16.5. The van der Waals surface area contributed by atoms with Crippen LogP contribution in [-0.4, -0.2) is 45.2 Å². The van der Waals surface area contributed by atoms with E-state index in [1.807, 2.05) is 58.2 Å². The molecule has 0 saturated carbocycles. The summed E-state index contributed by atoms with van der Waals surface area (Å²) in [6.45, 7) is 6.14. The van der Waals surface area contributed by atoms with Gasteiger partial charge in [0.1, 0.15) is 6.61 Å². The third kappa shape index (κ3) is 3.88. The monoisotopic (exact) mass is 370 g/mol. The number of morpholine rings is 1. The minimum absolute atomic E-state index is 0.0394. The van der Waals surface area contributed by atoms with E-state index in [4.69, 9.17) is 4.74 Å². The molecule has 2 atom stereocenters. The van der Waals surface area contributed by atoms with Gasteiger partial charge in [-0.1, -0.05) is 30.3 Å². The maximum atomic E-state index is 12.9. The van der Waals surface area contributed by atoms with E-state index in [1.165, 1.54) is 0 Å². The molecule has 1 aliphatic heterocycles. The van der Waals surface area contributed by atoms with Gasteiger partial charge < -0.3 is 15.0 Å². The number of carbonyl (C=O) groups is 2. The summed E-state index contributed by atoms with van der Waals surface area (Å²) in [5.41, 5.74) is 2.84. The van der Waals surface area contributed by atoms with Crippen molar-refractivity contribution in [3.05, 3.63) is 53.3 Å². The number of nitrogens with zero attached hydrogens (tertiary/aromatic N) is 3. The first-order chi connectivity index (χ1) is 12.9. The number of rotatable bonds is 5. The number of carbonyl (C=O) groups excluding carboxylic acids is 2. The van der Waals surface area contributed by atoms with Crippen molar-refractivity contribution >= 4 is 11.8 Å². The molecule has 0 aliphatic carbocycles. The average molecular weight is 370 g/mol. The van der Waals surface area contributed by atoms with Crippen LogP contribution in [0, 0.1) is 6.92 Å². The topological polar surface area (TPSA) is 76.5 Å². The molecule has 7 nitrogen and oxygen atoms in total. The van der Waals surface area contributed by atoms with Crippen LogP contribution in [0.25, 0.3) is 0 Å². The SMILES string of the molecule is Cc1c(CNC(=O)[C@H]2OCC(=O)N(C(C)C)[C@@H]2c2ccccc2)cnn1C. The molecule has 7 heteroatoms. The fourth-order valence-corrected chi connectivity index (χ4v) is 3.44. The molecular formula is C20H26N4O3. The van der Waals surface area contributed by atoms with Crippen molar-refractivity contribution in [1.82, 2.24) is 20.0 Å². The molecule has 2 amide bonds. The number of hydrogen-bond donors (Lipinski definition) is 1. The average Bonchev–Trinajstić information content (AvgIpc) is 2.98. The number of amides is 2. The molecule has 1 aromatic heterocycles. The molecular weight excluding hydrogens is 344 g/mol. The van der Waals surface area contributed by atoms with E-state index in [-0.39, 0.29) is 24.5 Å². The summed E-state index contributed by atoms with van der Waals surface area (Å²) in [7, 11) is 1.86. The van der Waals surface area contributed by atoms with Crippen LogP contribution in [0.2, 0.25) is 0 Å². The van der Waals surface area contributed by atoms with E-state index >= 15 is 0 Å². The molecule has 27 heavy (non-hydrogen) atoms. The molecule has 3 rings (SSSR count). The Morgan fingerprint density at radius 3 is 2.63 bits per heavy atom. The van der Waals surface area contributed by atoms with E-state index < -0.39 is 12.1 Å². The second-order valence-corrected chi connectivity index (χ2v) is 7.08. The van der Waals surface area contributed by atoms with Gasteiger partial charge in [-0.25, -0.2) is 0 Å². The fourth-order valence-electron chi connectivity index (χ4n) is 3.44. The highest BCUT2D eigenvalue weighted by molar-refractivity contribution is 5.86. The predicted octanol–water partition coefficient (Wildman–Crippen LogP) is 1.72. The van der Waals surface area contributed by atoms with Crippen molar-refractivity contribution in [2.45, 2.75) is 45.5 Å². The van der Waals surface area contributed by atoms with Crippen molar-refractivity contribution in [2.75, 3.05) is 6.61 Å². The van der Waals surface area contributed by atoms with Crippen LogP contribution >= 0.6 is 0 Å². The van der Waals surface area contributed by atoms with Crippen LogP contribution in [0.3, 0.4) is 0 Å². The zero-order valence-corrected chi connectivity index (χ0v) is 16.2. The smallest absolute Gasteiger partial charge is 0.251 e. The lowest BCUT2D eigenvalue weighted by Gasteiger charge is -2.42. The number of benzene rings is 1. The number of nitrogens with one attached hydrogen (secondary N) is 1. The maximum absolute atomic E-state index is 12.9. The maximum Gasteiger partial charge on any atom is 0.251 e. The molecule has 2 aromatic rings. The molecule has 2 heterocycles. The van der Waals surface area contributed by atoms with Crippen molar-refractivity contribution in [2.24, 2.45) is 7.05 Å². The summed E-state index contributed by atoms with van der Waals surface area (Å²) in [4.78, 5) is 27.2. The first-order valence-corrected chi connectivity index (χ1v) is 9.13. The Balaban J connectivity index is 1.83. The lowest BCUT2D eigenvalue weighted by molar-refractivity contribution is -0.167. The van der Waals surface area contributed by atoms with Crippen LogP contribution in [0.1, 0.15) is 36.7 Å². The molecule has 0 unspecified atom stereocenters. The van der Waals surface area contributed by atoms with Gasteiger partial charge in [0.2, 0.25) is 5.91 Å². The Bertz CT molecular complexity index is 816. The fraction of sp³-hybridized carbons (Fsp3) is 0.450. The molecule has 1 aliphatic rings. The van der Waals surface area contributed by atoms with Crippen LogP contribution in [-0.2, 0) is 27.9 Å². The molecule has 1 N–H and O–H groups in total. The van der Waals surface area contributed by atoms with Gasteiger partial charge in [-0.3, -0.25) is 14.3 Å². The quantitative estimate of drug-likeness (QED) is 0.870. The van der Waals surface area contributed by atoms with Crippen LogP contribution < -0.4 is 5.32 Å². The first kappa shape index (κ1) is 19.1. The molecule has 0 bridgehead atoms. The van der Waals surface area contributed by atoms with Crippen LogP contribution in [0.4, 0.5) is 0 Å².